The highest BCUT2D eigenvalue weighted by molar-refractivity contribution is 7.14. The van der Waals surface area contributed by atoms with Gasteiger partial charge in [-0.1, -0.05) is 29.8 Å². The fourth-order valence-electron chi connectivity index (χ4n) is 4.56. The van der Waals surface area contributed by atoms with Gasteiger partial charge in [0.1, 0.15) is 0 Å². The maximum Gasteiger partial charge on any atom is 0.439 e. The molecule has 0 atom stereocenters. The van der Waals surface area contributed by atoms with E-state index in [0.29, 0.717) is 22.9 Å². The molecule has 196 valence electrons. The van der Waals surface area contributed by atoms with Crippen LogP contribution in [0.15, 0.2) is 29.6 Å². The normalized spacial score (nSPS) is 22.4. The summed E-state index contributed by atoms with van der Waals surface area (Å²) < 4.78 is 83.4. The molecule has 4 rings (SSSR count). The molecule has 2 aromatic rings. The Labute approximate surface area is 206 Å². The van der Waals surface area contributed by atoms with Crippen molar-refractivity contribution in [2.24, 2.45) is 5.92 Å². The number of carbonyl (C=O) groups is 2. The second-order valence-electron chi connectivity index (χ2n) is 9.15. The highest BCUT2D eigenvalue weighted by Crippen LogP contribution is 2.50. The van der Waals surface area contributed by atoms with Crippen molar-refractivity contribution in [1.29, 1.82) is 0 Å². The van der Waals surface area contributed by atoms with Crippen LogP contribution in [0.3, 0.4) is 0 Å². The number of amides is 2. The van der Waals surface area contributed by atoms with Gasteiger partial charge in [0.25, 0.3) is 0 Å². The van der Waals surface area contributed by atoms with Crippen LogP contribution in [-0.2, 0) is 9.53 Å². The number of cyclic esters (lactones) is 1. The summed E-state index contributed by atoms with van der Waals surface area (Å²) in [4.78, 5) is 29.4. The molecule has 6 nitrogen and oxygen atoms in total. The van der Waals surface area contributed by atoms with E-state index in [-0.39, 0.29) is 31.1 Å². The fourth-order valence-corrected chi connectivity index (χ4v) is 5.30. The topological polar surface area (TPSA) is 71.5 Å². The van der Waals surface area contributed by atoms with E-state index in [9.17, 15) is 35.9 Å². The van der Waals surface area contributed by atoms with E-state index in [4.69, 9.17) is 0 Å². The van der Waals surface area contributed by atoms with Crippen molar-refractivity contribution in [3.8, 4) is 11.3 Å². The van der Waals surface area contributed by atoms with Crippen molar-refractivity contribution in [3.63, 3.8) is 0 Å². The average Bonchev–Trinajstić information content (AvgIpc) is 3.39. The summed E-state index contributed by atoms with van der Waals surface area (Å²) in [5.74, 6) is -0.400. The van der Waals surface area contributed by atoms with Crippen molar-refractivity contribution < 1.29 is 40.7 Å². The smallest absolute Gasteiger partial charge is 0.421 e. The van der Waals surface area contributed by atoms with E-state index < -0.39 is 36.6 Å². The molecular formula is C23H23F6N3O3S. The molecule has 2 fully saturated rings. The van der Waals surface area contributed by atoms with E-state index in [1.54, 1.807) is 0 Å². The summed E-state index contributed by atoms with van der Waals surface area (Å²) in [6, 6.07) is 6.95. The number of aromatic nitrogens is 1. The zero-order valence-electron chi connectivity index (χ0n) is 19.1. The van der Waals surface area contributed by atoms with Crippen LogP contribution in [0, 0.1) is 12.8 Å². The van der Waals surface area contributed by atoms with Crippen LogP contribution in [0.5, 0.6) is 0 Å². The fraction of sp³-hybridized carbons (Fsp3) is 0.522. The van der Waals surface area contributed by atoms with Gasteiger partial charge in [-0.05, 0) is 38.5 Å². The lowest BCUT2D eigenvalue weighted by molar-refractivity contribution is -0.353. The molecule has 0 bridgehead atoms. The number of thiazole rings is 1. The van der Waals surface area contributed by atoms with E-state index in [0.717, 1.165) is 16.8 Å². The first-order valence-electron chi connectivity index (χ1n) is 11.2. The van der Waals surface area contributed by atoms with E-state index in [1.807, 2.05) is 36.6 Å². The summed E-state index contributed by atoms with van der Waals surface area (Å²) in [5.41, 5.74) is -1.78. The van der Waals surface area contributed by atoms with Crippen LogP contribution >= 0.6 is 11.3 Å². The van der Waals surface area contributed by atoms with Crippen molar-refractivity contribution in [2.45, 2.75) is 63.0 Å². The zero-order chi connectivity index (χ0) is 26.3. The summed E-state index contributed by atoms with van der Waals surface area (Å²) in [6.07, 6.45) is -12.0. The number of nitrogens with one attached hydrogen (secondary N) is 1. The van der Waals surface area contributed by atoms with Gasteiger partial charge in [0.05, 0.1) is 12.2 Å². The molecule has 0 unspecified atom stereocenters. The molecule has 1 aliphatic heterocycles. The number of halogens is 6. The van der Waals surface area contributed by atoms with Gasteiger partial charge in [0, 0.05) is 23.4 Å². The molecule has 1 aromatic heterocycles. The first-order chi connectivity index (χ1) is 16.8. The number of hydrogen-bond acceptors (Lipinski definition) is 5. The Hall–Kier alpha value is -2.83. The SMILES string of the molecule is Cc1ccc(-c2csc(NC(=O)C[C@H]3CC[C@@H](N4CC(C(F)(F)F)(C(F)(F)F)OC4=O)CC3)n2)cc1. The van der Waals surface area contributed by atoms with Gasteiger partial charge in [-0.15, -0.1) is 11.3 Å². The lowest BCUT2D eigenvalue weighted by Crippen LogP contribution is -2.60. The van der Waals surface area contributed by atoms with Crippen molar-refractivity contribution in [2.75, 3.05) is 11.9 Å². The van der Waals surface area contributed by atoms with Gasteiger partial charge in [0.2, 0.25) is 5.91 Å². The van der Waals surface area contributed by atoms with Crippen molar-refractivity contribution >= 4 is 28.5 Å². The lowest BCUT2D eigenvalue weighted by Gasteiger charge is -2.34. The van der Waals surface area contributed by atoms with Gasteiger partial charge < -0.3 is 15.0 Å². The van der Waals surface area contributed by atoms with Gasteiger partial charge >= 0.3 is 24.0 Å². The van der Waals surface area contributed by atoms with Gasteiger partial charge in [0.15, 0.2) is 5.13 Å². The molecule has 0 spiro atoms. The molecule has 2 aliphatic rings. The molecule has 1 saturated heterocycles. The maximum atomic E-state index is 13.3. The molecule has 2 amide bonds. The number of ether oxygens (including phenoxy) is 1. The van der Waals surface area contributed by atoms with E-state index in [1.165, 1.54) is 11.3 Å². The van der Waals surface area contributed by atoms with E-state index in [2.05, 4.69) is 15.0 Å². The standard InChI is InChI=1S/C23H23F6N3O3S/c1-13-2-6-15(7-3-13)17-11-36-19(30-17)31-18(33)10-14-4-8-16(9-5-14)32-12-21(22(24,25)26,23(27,28)29)35-20(32)34/h2-3,6-7,11,14,16H,4-5,8-10,12H2,1H3,(H,30,31,33)/t14-,16+. The second-order valence-corrected chi connectivity index (χ2v) is 10.0. The Morgan fingerprint density at radius 3 is 2.28 bits per heavy atom. The number of aryl methyl sites for hydroxylation is 1. The summed E-state index contributed by atoms with van der Waals surface area (Å²) in [7, 11) is 0. The van der Waals surface area contributed by atoms with E-state index >= 15 is 0 Å². The van der Waals surface area contributed by atoms with Crippen LogP contribution in [0.4, 0.5) is 36.3 Å². The van der Waals surface area contributed by atoms with Crippen molar-refractivity contribution in [3.05, 3.63) is 35.2 Å². The molecule has 36 heavy (non-hydrogen) atoms. The summed E-state index contributed by atoms with van der Waals surface area (Å²) >= 11 is 1.28. The monoisotopic (exact) mass is 535 g/mol. The molecule has 1 N–H and O–H groups in total. The third-order valence-corrected chi connectivity index (χ3v) is 7.39. The van der Waals surface area contributed by atoms with Crippen LogP contribution in [0.1, 0.15) is 37.7 Å². The number of benzene rings is 1. The van der Waals surface area contributed by atoms with Gasteiger partial charge in [-0.3, -0.25) is 4.79 Å². The predicted octanol–water partition coefficient (Wildman–Crippen LogP) is 6.32. The highest BCUT2D eigenvalue weighted by atomic mass is 32.1. The Morgan fingerprint density at radius 2 is 1.72 bits per heavy atom. The van der Waals surface area contributed by atoms with Crippen molar-refractivity contribution in [1.82, 2.24) is 9.88 Å². The number of carbonyl (C=O) groups excluding carboxylic acids is 2. The largest absolute Gasteiger partial charge is 0.439 e. The van der Waals surface area contributed by atoms with Crippen LogP contribution < -0.4 is 5.32 Å². The molecular weight excluding hydrogens is 512 g/mol. The first-order valence-corrected chi connectivity index (χ1v) is 12.1. The summed E-state index contributed by atoms with van der Waals surface area (Å²) in [5, 5.41) is 4.99. The van der Waals surface area contributed by atoms with Crippen LogP contribution in [0.25, 0.3) is 11.3 Å². The minimum atomic E-state index is -5.79. The molecule has 13 heteroatoms. The van der Waals surface area contributed by atoms with Gasteiger partial charge in [-0.2, -0.15) is 26.3 Å². The third-order valence-electron chi connectivity index (χ3n) is 6.63. The van der Waals surface area contributed by atoms with Gasteiger partial charge in [-0.25, -0.2) is 9.78 Å². The minimum Gasteiger partial charge on any atom is -0.421 e. The average molecular weight is 536 g/mol. The Morgan fingerprint density at radius 1 is 1.11 bits per heavy atom. The molecule has 0 radical (unpaired) electrons. The molecule has 1 aliphatic carbocycles. The molecule has 1 aromatic carbocycles. The first kappa shape index (κ1) is 26.2. The van der Waals surface area contributed by atoms with Crippen LogP contribution in [0.2, 0.25) is 0 Å². The van der Waals surface area contributed by atoms with Crippen LogP contribution in [-0.4, -0.2) is 52.4 Å². The predicted molar refractivity (Wildman–Crippen MR) is 119 cm³/mol. The quantitative estimate of drug-likeness (QED) is 0.455. The summed E-state index contributed by atoms with van der Waals surface area (Å²) in [6.45, 7) is 0.348. The number of anilines is 1. The number of hydrogen-bond donors (Lipinski definition) is 1. The zero-order valence-corrected chi connectivity index (χ0v) is 19.9. The Bertz CT molecular complexity index is 1090. The minimum absolute atomic E-state index is 0.119. The molecule has 2 heterocycles. The number of nitrogens with zero attached hydrogens (tertiary/aromatic N) is 2. The third kappa shape index (κ3) is 5.16. The Kier molecular flexibility index (Phi) is 6.97. The maximum absolute atomic E-state index is 13.3. The Balaban J connectivity index is 1.30. The lowest BCUT2D eigenvalue weighted by atomic mass is 9.83. The second kappa shape index (κ2) is 9.56. The highest BCUT2D eigenvalue weighted by Gasteiger charge is 2.78. The number of rotatable bonds is 5. The number of alkyl halides is 6. The molecule has 1 saturated carbocycles.